The molecular weight excluding hydrogens is 258 g/mol. The van der Waals surface area contributed by atoms with Gasteiger partial charge in [-0.1, -0.05) is 30.8 Å². The largest absolute Gasteiger partial charge is 0.389 e. The first-order valence-corrected chi connectivity index (χ1v) is 6.98. The second-order valence-corrected chi connectivity index (χ2v) is 5.27. The molecule has 1 aliphatic rings. The molecule has 0 unspecified atom stereocenters. The highest BCUT2D eigenvalue weighted by Gasteiger charge is 2.13. The Labute approximate surface area is 119 Å². The molecule has 0 aromatic heterocycles. The summed E-state index contributed by atoms with van der Waals surface area (Å²) in [7, 11) is 0. The van der Waals surface area contributed by atoms with E-state index in [1.165, 1.54) is 19.3 Å². The molecule has 0 spiro atoms. The Morgan fingerprint density at radius 3 is 2.74 bits per heavy atom. The third kappa shape index (κ3) is 4.29. The number of hydrogen-bond donors (Lipinski definition) is 2. The van der Waals surface area contributed by atoms with Crippen molar-refractivity contribution in [1.29, 1.82) is 0 Å². The minimum Gasteiger partial charge on any atom is -0.389 e. The van der Waals surface area contributed by atoms with Crippen molar-refractivity contribution in [3.05, 3.63) is 29.8 Å². The number of thiocarbonyl (C=S) groups is 1. The monoisotopic (exact) mass is 277 g/mol. The van der Waals surface area contributed by atoms with Gasteiger partial charge in [-0.2, -0.15) is 0 Å². The molecule has 2 rings (SSSR count). The molecule has 0 bridgehead atoms. The predicted molar refractivity (Wildman–Crippen MR) is 81.3 cm³/mol. The van der Waals surface area contributed by atoms with Crippen molar-refractivity contribution in [2.24, 2.45) is 5.73 Å². The average Bonchev–Trinajstić information content (AvgIpc) is 2.40. The van der Waals surface area contributed by atoms with E-state index in [4.69, 9.17) is 18.0 Å². The Morgan fingerprint density at radius 1 is 1.32 bits per heavy atom. The normalized spacial score (nSPS) is 16.0. The molecule has 0 aliphatic carbocycles. The first kappa shape index (κ1) is 14.0. The van der Waals surface area contributed by atoms with Crippen LogP contribution in [0.1, 0.15) is 24.8 Å². The van der Waals surface area contributed by atoms with Crippen LogP contribution >= 0.6 is 12.2 Å². The number of carbonyl (C=O) groups is 1. The number of hydrogen-bond acceptors (Lipinski definition) is 3. The summed E-state index contributed by atoms with van der Waals surface area (Å²) in [5.41, 5.74) is 7.09. The van der Waals surface area contributed by atoms with E-state index in [1.807, 2.05) is 18.2 Å². The van der Waals surface area contributed by atoms with Crippen LogP contribution in [0.3, 0.4) is 0 Å². The fourth-order valence-electron chi connectivity index (χ4n) is 2.27. The van der Waals surface area contributed by atoms with Gasteiger partial charge < -0.3 is 11.1 Å². The van der Waals surface area contributed by atoms with E-state index in [1.54, 1.807) is 6.07 Å². The van der Waals surface area contributed by atoms with Gasteiger partial charge in [0.15, 0.2) is 0 Å². The zero-order chi connectivity index (χ0) is 13.7. The standard InChI is InChI=1S/C14H19N3OS/c15-14(19)11-5-4-6-12(9-11)16-13(18)10-17-7-2-1-3-8-17/h4-6,9H,1-3,7-8,10H2,(H2,15,19)(H,16,18). The number of rotatable bonds is 4. The Bertz CT molecular complexity index is 470. The van der Waals surface area contributed by atoms with Crippen LogP contribution in [0.5, 0.6) is 0 Å². The summed E-state index contributed by atoms with van der Waals surface area (Å²) >= 11 is 4.92. The molecule has 1 saturated heterocycles. The zero-order valence-corrected chi connectivity index (χ0v) is 11.7. The number of nitrogens with zero attached hydrogens (tertiary/aromatic N) is 1. The topological polar surface area (TPSA) is 58.4 Å². The van der Waals surface area contributed by atoms with Gasteiger partial charge in [0.25, 0.3) is 0 Å². The molecule has 19 heavy (non-hydrogen) atoms. The first-order chi connectivity index (χ1) is 9.15. The second kappa shape index (κ2) is 6.63. The van der Waals surface area contributed by atoms with Crippen molar-refractivity contribution < 1.29 is 4.79 Å². The third-order valence-electron chi connectivity index (χ3n) is 3.25. The van der Waals surface area contributed by atoms with Gasteiger partial charge in [-0.15, -0.1) is 0 Å². The van der Waals surface area contributed by atoms with Gasteiger partial charge in [0.05, 0.1) is 6.54 Å². The van der Waals surface area contributed by atoms with Gasteiger partial charge in [0, 0.05) is 11.3 Å². The van der Waals surface area contributed by atoms with E-state index < -0.39 is 0 Å². The summed E-state index contributed by atoms with van der Waals surface area (Å²) in [6.45, 7) is 2.48. The van der Waals surface area contributed by atoms with E-state index in [9.17, 15) is 4.79 Å². The first-order valence-electron chi connectivity index (χ1n) is 6.57. The number of piperidine rings is 1. The Hall–Kier alpha value is -1.46. The number of likely N-dealkylation sites (tertiary alicyclic amines) is 1. The average molecular weight is 277 g/mol. The van der Waals surface area contributed by atoms with E-state index in [-0.39, 0.29) is 5.91 Å². The highest BCUT2D eigenvalue weighted by Crippen LogP contribution is 2.12. The van der Waals surface area contributed by atoms with Gasteiger partial charge in [-0.3, -0.25) is 9.69 Å². The molecule has 0 radical (unpaired) electrons. The lowest BCUT2D eigenvalue weighted by molar-refractivity contribution is -0.117. The van der Waals surface area contributed by atoms with Gasteiger partial charge >= 0.3 is 0 Å². The van der Waals surface area contributed by atoms with Crippen LogP contribution in [0, 0.1) is 0 Å². The molecule has 102 valence electrons. The SMILES string of the molecule is NC(=S)c1cccc(NC(=O)CN2CCCCC2)c1. The maximum absolute atomic E-state index is 11.9. The second-order valence-electron chi connectivity index (χ2n) is 4.83. The van der Waals surface area contributed by atoms with Crippen molar-refractivity contribution in [1.82, 2.24) is 4.90 Å². The quantitative estimate of drug-likeness (QED) is 0.823. The molecule has 1 fully saturated rings. The van der Waals surface area contributed by atoms with Gasteiger partial charge in [-0.25, -0.2) is 0 Å². The predicted octanol–water partition coefficient (Wildman–Crippen LogP) is 1.75. The maximum Gasteiger partial charge on any atom is 0.238 e. The summed E-state index contributed by atoms with van der Waals surface area (Å²) in [5, 5.41) is 2.89. The van der Waals surface area contributed by atoms with Crippen LogP contribution in [-0.2, 0) is 4.79 Å². The Kier molecular flexibility index (Phi) is 4.87. The van der Waals surface area contributed by atoms with Crippen molar-refractivity contribution in [2.75, 3.05) is 25.0 Å². The van der Waals surface area contributed by atoms with Crippen molar-refractivity contribution in [3.8, 4) is 0 Å². The van der Waals surface area contributed by atoms with Crippen LogP contribution in [0.15, 0.2) is 24.3 Å². The molecule has 0 atom stereocenters. The lowest BCUT2D eigenvalue weighted by atomic mass is 10.1. The maximum atomic E-state index is 11.9. The zero-order valence-electron chi connectivity index (χ0n) is 10.9. The number of nitrogens with one attached hydrogen (secondary N) is 1. The molecule has 1 aromatic rings. The third-order valence-corrected chi connectivity index (χ3v) is 3.48. The number of anilines is 1. The molecule has 4 nitrogen and oxygen atoms in total. The van der Waals surface area contributed by atoms with Gasteiger partial charge in [-0.05, 0) is 38.1 Å². The number of carbonyl (C=O) groups excluding carboxylic acids is 1. The highest BCUT2D eigenvalue weighted by molar-refractivity contribution is 7.80. The van der Waals surface area contributed by atoms with E-state index >= 15 is 0 Å². The van der Waals surface area contributed by atoms with Gasteiger partial charge in [0.2, 0.25) is 5.91 Å². The van der Waals surface area contributed by atoms with E-state index in [2.05, 4.69) is 10.2 Å². The molecule has 1 amide bonds. The fourth-order valence-corrected chi connectivity index (χ4v) is 2.40. The molecule has 5 heteroatoms. The molecular formula is C14H19N3OS. The fraction of sp³-hybridized carbons (Fsp3) is 0.429. The number of nitrogens with two attached hydrogens (primary N) is 1. The summed E-state index contributed by atoms with van der Waals surface area (Å²) in [4.78, 5) is 14.5. The number of amides is 1. The Balaban J connectivity index is 1.90. The lowest BCUT2D eigenvalue weighted by Gasteiger charge is -2.25. The van der Waals surface area contributed by atoms with Crippen LogP contribution in [0.2, 0.25) is 0 Å². The summed E-state index contributed by atoms with van der Waals surface area (Å²) in [6, 6.07) is 7.32. The van der Waals surface area contributed by atoms with Crippen LogP contribution in [0.25, 0.3) is 0 Å². The minimum atomic E-state index is 0.0157. The van der Waals surface area contributed by atoms with E-state index in [0.717, 1.165) is 24.3 Å². The summed E-state index contributed by atoms with van der Waals surface area (Å²) in [6.07, 6.45) is 3.64. The molecule has 3 N–H and O–H groups in total. The van der Waals surface area contributed by atoms with Crippen molar-refractivity contribution >= 4 is 28.8 Å². The molecule has 0 saturated carbocycles. The van der Waals surface area contributed by atoms with Crippen molar-refractivity contribution in [2.45, 2.75) is 19.3 Å². The molecule has 1 aliphatic heterocycles. The van der Waals surface area contributed by atoms with Crippen LogP contribution in [0.4, 0.5) is 5.69 Å². The van der Waals surface area contributed by atoms with E-state index in [0.29, 0.717) is 11.5 Å². The van der Waals surface area contributed by atoms with Gasteiger partial charge in [0.1, 0.15) is 4.99 Å². The highest BCUT2D eigenvalue weighted by atomic mass is 32.1. The number of benzene rings is 1. The Morgan fingerprint density at radius 2 is 2.05 bits per heavy atom. The summed E-state index contributed by atoms with van der Waals surface area (Å²) < 4.78 is 0. The lowest BCUT2D eigenvalue weighted by Crippen LogP contribution is -2.36. The van der Waals surface area contributed by atoms with Crippen molar-refractivity contribution in [3.63, 3.8) is 0 Å². The summed E-state index contributed by atoms with van der Waals surface area (Å²) in [5.74, 6) is 0.0157. The van der Waals surface area contributed by atoms with Crippen LogP contribution in [-0.4, -0.2) is 35.4 Å². The molecule has 1 aromatic carbocycles. The van der Waals surface area contributed by atoms with Crippen LogP contribution < -0.4 is 11.1 Å². The smallest absolute Gasteiger partial charge is 0.238 e. The molecule has 1 heterocycles. The minimum absolute atomic E-state index is 0.0157.